The van der Waals surface area contributed by atoms with Crippen molar-refractivity contribution < 1.29 is 13.7 Å². The highest BCUT2D eigenvalue weighted by molar-refractivity contribution is 5.58. The molecule has 0 saturated heterocycles. The number of hydrogen-bond donors (Lipinski definition) is 0. The van der Waals surface area contributed by atoms with E-state index in [-0.39, 0.29) is 11.6 Å². The molecule has 1 heterocycles. The predicted molar refractivity (Wildman–Crippen MR) is 90.2 cm³/mol. The highest BCUT2D eigenvalue weighted by Crippen LogP contribution is 2.19. The van der Waals surface area contributed by atoms with Gasteiger partial charge >= 0.3 is 0 Å². The number of halogens is 1. The summed E-state index contributed by atoms with van der Waals surface area (Å²) in [5.41, 5.74) is 1.85. The maximum Gasteiger partial charge on any atom is 0.165 e. The Morgan fingerprint density at radius 1 is 1.08 bits per heavy atom. The summed E-state index contributed by atoms with van der Waals surface area (Å²) in [6.45, 7) is 1.66. The van der Waals surface area contributed by atoms with Crippen molar-refractivity contribution in [1.29, 1.82) is 0 Å². The van der Waals surface area contributed by atoms with Gasteiger partial charge in [0.15, 0.2) is 17.3 Å². The Labute approximate surface area is 140 Å². The van der Waals surface area contributed by atoms with E-state index in [9.17, 15) is 4.39 Å². The van der Waals surface area contributed by atoms with Gasteiger partial charge in [0, 0.05) is 18.2 Å². The van der Waals surface area contributed by atoms with Gasteiger partial charge in [0.25, 0.3) is 0 Å². The van der Waals surface area contributed by atoms with Gasteiger partial charge < -0.3 is 9.26 Å². The van der Waals surface area contributed by atoms with E-state index in [0.29, 0.717) is 19.7 Å². The van der Waals surface area contributed by atoms with Gasteiger partial charge in [0.1, 0.15) is 12.3 Å². The second kappa shape index (κ2) is 7.75. The van der Waals surface area contributed by atoms with Crippen molar-refractivity contribution in [3.63, 3.8) is 0 Å². The molecule has 3 aromatic rings. The van der Waals surface area contributed by atoms with Crippen LogP contribution >= 0.6 is 0 Å². The highest BCUT2D eigenvalue weighted by Gasteiger charge is 2.09. The third-order valence-corrected chi connectivity index (χ3v) is 3.62. The molecule has 0 unspecified atom stereocenters. The lowest BCUT2D eigenvalue weighted by atomic mass is 10.1. The third-order valence-electron chi connectivity index (χ3n) is 3.62. The van der Waals surface area contributed by atoms with Gasteiger partial charge in [-0.25, -0.2) is 4.39 Å². The second-order valence-corrected chi connectivity index (χ2v) is 5.56. The first-order valence-corrected chi connectivity index (χ1v) is 7.79. The molecule has 0 fully saturated rings. The lowest BCUT2D eigenvalue weighted by Gasteiger charge is -2.15. The average Bonchev–Trinajstić information content (AvgIpc) is 3.06. The lowest BCUT2D eigenvalue weighted by molar-refractivity contribution is 0.211. The molecule has 0 atom stereocenters. The second-order valence-electron chi connectivity index (χ2n) is 5.56. The third kappa shape index (κ3) is 4.20. The molecule has 0 spiro atoms. The largest absolute Gasteiger partial charge is 0.489 e. The fraction of sp³-hybridized carbons (Fsp3) is 0.211. The Hall–Kier alpha value is -2.66. The molecule has 0 aliphatic heterocycles. The van der Waals surface area contributed by atoms with E-state index in [1.807, 2.05) is 48.3 Å². The van der Waals surface area contributed by atoms with Crippen LogP contribution in [0.5, 0.6) is 5.75 Å². The number of nitrogens with zero attached hydrogens (tertiary/aromatic N) is 2. The Morgan fingerprint density at radius 3 is 2.62 bits per heavy atom. The molecule has 4 nitrogen and oxygen atoms in total. The van der Waals surface area contributed by atoms with Crippen LogP contribution in [0.2, 0.25) is 0 Å². The predicted octanol–water partition coefficient (Wildman–Crippen LogP) is 3.99. The summed E-state index contributed by atoms with van der Waals surface area (Å²) >= 11 is 0. The van der Waals surface area contributed by atoms with Crippen molar-refractivity contribution in [3.05, 3.63) is 72.2 Å². The van der Waals surface area contributed by atoms with Crippen LogP contribution in [-0.2, 0) is 6.54 Å². The van der Waals surface area contributed by atoms with Crippen LogP contribution in [0, 0.1) is 5.82 Å². The lowest BCUT2D eigenvalue weighted by Crippen LogP contribution is -2.23. The summed E-state index contributed by atoms with van der Waals surface area (Å²) in [4.78, 5) is 2.04. The zero-order chi connectivity index (χ0) is 16.8. The number of ether oxygens (including phenoxy) is 1. The summed E-state index contributed by atoms with van der Waals surface area (Å²) in [6, 6.07) is 18.2. The number of aromatic nitrogens is 1. The van der Waals surface area contributed by atoms with Gasteiger partial charge in [-0.05, 0) is 19.2 Å². The number of likely N-dealkylation sites (N-methyl/N-ethyl adjacent to an activating group) is 1. The summed E-state index contributed by atoms with van der Waals surface area (Å²) in [5.74, 6) is 0.710. The molecule has 0 saturated carbocycles. The van der Waals surface area contributed by atoms with Gasteiger partial charge in [-0.3, -0.25) is 4.90 Å². The molecular weight excluding hydrogens is 307 g/mol. The number of benzene rings is 2. The van der Waals surface area contributed by atoms with Crippen molar-refractivity contribution in [2.45, 2.75) is 6.54 Å². The van der Waals surface area contributed by atoms with Crippen LogP contribution in [0.4, 0.5) is 4.39 Å². The normalized spacial score (nSPS) is 11.0. The Kier molecular flexibility index (Phi) is 5.23. The van der Waals surface area contributed by atoms with Gasteiger partial charge in [0.2, 0.25) is 0 Å². The smallest absolute Gasteiger partial charge is 0.165 e. The molecule has 0 bridgehead atoms. The standard InChI is InChI=1S/C19H19FN2O2/c1-22(11-12-23-19-10-6-5-9-17(19)20)14-16-13-18(21-24-16)15-7-3-2-4-8-15/h2-10,13H,11-12,14H2,1H3. The van der Waals surface area contributed by atoms with Gasteiger partial charge in [-0.15, -0.1) is 0 Å². The summed E-state index contributed by atoms with van der Waals surface area (Å²) in [5, 5.41) is 4.10. The molecule has 24 heavy (non-hydrogen) atoms. The molecular formula is C19H19FN2O2. The number of para-hydroxylation sites is 1. The maximum atomic E-state index is 13.5. The summed E-state index contributed by atoms with van der Waals surface area (Å²) < 4.78 is 24.3. The monoisotopic (exact) mass is 326 g/mol. The first kappa shape index (κ1) is 16.2. The van der Waals surface area contributed by atoms with Crippen LogP contribution in [0.3, 0.4) is 0 Å². The van der Waals surface area contributed by atoms with Crippen molar-refractivity contribution in [1.82, 2.24) is 10.1 Å². The summed E-state index contributed by atoms with van der Waals surface area (Å²) in [7, 11) is 1.95. The van der Waals surface area contributed by atoms with E-state index >= 15 is 0 Å². The number of hydrogen-bond acceptors (Lipinski definition) is 4. The van der Waals surface area contributed by atoms with E-state index in [1.54, 1.807) is 18.2 Å². The van der Waals surface area contributed by atoms with Crippen LogP contribution < -0.4 is 4.74 Å². The minimum Gasteiger partial charge on any atom is -0.489 e. The van der Waals surface area contributed by atoms with Gasteiger partial charge in [-0.1, -0.05) is 47.6 Å². The summed E-state index contributed by atoms with van der Waals surface area (Å²) in [6.07, 6.45) is 0. The van der Waals surface area contributed by atoms with Gasteiger partial charge in [0.05, 0.1) is 6.54 Å². The van der Waals surface area contributed by atoms with Crippen molar-refractivity contribution in [3.8, 4) is 17.0 Å². The topological polar surface area (TPSA) is 38.5 Å². The zero-order valence-electron chi connectivity index (χ0n) is 13.5. The van der Waals surface area contributed by atoms with Crippen molar-refractivity contribution in [2.75, 3.05) is 20.2 Å². The van der Waals surface area contributed by atoms with E-state index in [0.717, 1.165) is 17.0 Å². The average molecular weight is 326 g/mol. The molecule has 0 amide bonds. The first-order chi connectivity index (χ1) is 11.7. The highest BCUT2D eigenvalue weighted by atomic mass is 19.1. The molecule has 1 aromatic heterocycles. The SMILES string of the molecule is CN(CCOc1ccccc1F)Cc1cc(-c2ccccc2)no1. The Bertz CT molecular complexity index is 774. The molecule has 2 aromatic carbocycles. The maximum absolute atomic E-state index is 13.5. The van der Waals surface area contributed by atoms with Gasteiger partial charge in [-0.2, -0.15) is 0 Å². The van der Waals surface area contributed by atoms with Crippen LogP contribution in [0.25, 0.3) is 11.3 Å². The van der Waals surface area contributed by atoms with E-state index < -0.39 is 0 Å². The molecule has 0 N–H and O–H groups in total. The molecule has 0 aliphatic rings. The van der Waals surface area contributed by atoms with Crippen molar-refractivity contribution in [2.24, 2.45) is 0 Å². The quantitative estimate of drug-likeness (QED) is 0.658. The Balaban J connectivity index is 1.50. The first-order valence-electron chi connectivity index (χ1n) is 7.79. The molecule has 124 valence electrons. The zero-order valence-corrected chi connectivity index (χ0v) is 13.5. The molecule has 0 aliphatic carbocycles. The molecule has 3 rings (SSSR count). The van der Waals surface area contributed by atoms with E-state index in [1.165, 1.54) is 6.07 Å². The van der Waals surface area contributed by atoms with Crippen LogP contribution in [0.1, 0.15) is 5.76 Å². The minimum absolute atomic E-state index is 0.275. The molecule has 5 heteroatoms. The minimum atomic E-state index is -0.345. The van der Waals surface area contributed by atoms with Crippen LogP contribution in [0.15, 0.2) is 65.2 Å². The fourth-order valence-corrected chi connectivity index (χ4v) is 2.35. The molecule has 0 radical (unpaired) electrons. The van der Waals surface area contributed by atoms with E-state index in [4.69, 9.17) is 9.26 Å². The van der Waals surface area contributed by atoms with Crippen molar-refractivity contribution >= 4 is 0 Å². The fourth-order valence-electron chi connectivity index (χ4n) is 2.35. The van der Waals surface area contributed by atoms with E-state index in [2.05, 4.69) is 5.16 Å². The van der Waals surface area contributed by atoms with Crippen LogP contribution in [-0.4, -0.2) is 30.3 Å². The number of rotatable bonds is 7. The Morgan fingerprint density at radius 2 is 1.83 bits per heavy atom.